The van der Waals surface area contributed by atoms with Gasteiger partial charge in [-0.1, -0.05) is 12.8 Å². The molecule has 0 bridgehead atoms. The second-order valence-electron chi connectivity index (χ2n) is 6.40. The Morgan fingerprint density at radius 3 is 2.78 bits per heavy atom. The van der Waals surface area contributed by atoms with Crippen LogP contribution in [0.1, 0.15) is 44.9 Å². The van der Waals surface area contributed by atoms with Crippen LogP contribution in [-0.4, -0.2) is 38.4 Å². The fraction of sp³-hybridized carbons (Fsp3) is 1.00. The van der Waals surface area contributed by atoms with Crippen LogP contribution in [0.15, 0.2) is 0 Å². The molecule has 0 aromatic heterocycles. The molecule has 3 fully saturated rings. The highest BCUT2D eigenvalue weighted by Gasteiger charge is 2.33. The van der Waals surface area contributed by atoms with Crippen LogP contribution in [0.25, 0.3) is 0 Å². The summed E-state index contributed by atoms with van der Waals surface area (Å²) in [5, 5.41) is 7.59. The summed E-state index contributed by atoms with van der Waals surface area (Å²) in [7, 11) is 0. The number of hydrogen-bond donors (Lipinski definition) is 2. The van der Waals surface area contributed by atoms with Crippen LogP contribution in [0, 0.1) is 11.8 Å². The minimum absolute atomic E-state index is 0.759. The van der Waals surface area contributed by atoms with Gasteiger partial charge in [0, 0.05) is 25.2 Å². The first-order chi connectivity index (χ1) is 8.93. The highest BCUT2D eigenvalue weighted by Crippen LogP contribution is 2.30. The van der Waals surface area contributed by atoms with Crippen LogP contribution < -0.4 is 10.6 Å². The van der Waals surface area contributed by atoms with Crippen LogP contribution >= 0.6 is 0 Å². The van der Waals surface area contributed by atoms with Crippen LogP contribution in [0.5, 0.6) is 0 Å². The summed E-state index contributed by atoms with van der Waals surface area (Å²) in [6.07, 6.45) is 9.70. The van der Waals surface area contributed by atoms with Gasteiger partial charge in [-0.15, -0.1) is 0 Å². The van der Waals surface area contributed by atoms with Crippen molar-refractivity contribution in [2.75, 3.05) is 26.3 Å². The molecule has 3 rings (SSSR count). The van der Waals surface area contributed by atoms with Crippen molar-refractivity contribution in [3.8, 4) is 0 Å². The lowest BCUT2D eigenvalue weighted by Gasteiger charge is -2.37. The molecular formula is C15H28N2O. The second kappa shape index (κ2) is 6.36. The maximum atomic E-state index is 5.47. The Kier molecular flexibility index (Phi) is 4.55. The molecule has 0 radical (unpaired) electrons. The fourth-order valence-corrected chi connectivity index (χ4v) is 4.03. The van der Waals surface area contributed by atoms with E-state index in [1.54, 1.807) is 0 Å². The molecule has 104 valence electrons. The maximum Gasteiger partial charge on any atom is 0.0507 e. The van der Waals surface area contributed by atoms with Crippen LogP contribution in [0.4, 0.5) is 0 Å². The molecule has 4 atom stereocenters. The van der Waals surface area contributed by atoms with Crippen molar-refractivity contribution >= 4 is 0 Å². The van der Waals surface area contributed by atoms with Crippen molar-refractivity contribution in [1.82, 2.24) is 10.6 Å². The normalized spacial score (nSPS) is 41.3. The van der Waals surface area contributed by atoms with Crippen LogP contribution in [0.2, 0.25) is 0 Å². The molecule has 2 N–H and O–H groups in total. The summed E-state index contributed by atoms with van der Waals surface area (Å²) in [5.41, 5.74) is 0. The number of nitrogens with one attached hydrogen (secondary N) is 2. The maximum absolute atomic E-state index is 5.47. The Morgan fingerprint density at radius 1 is 1.06 bits per heavy atom. The Bertz CT molecular complexity index is 247. The van der Waals surface area contributed by atoms with Crippen molar-refractivity contribution < 1.29 is 4.74 Å². The number of hydrogen-bond acceptors (Lipinski definition) is 3. The second-order valence-corrected chi connectivity index (χ2v) is 6.40. The molecule has 2 saturated heterocycles. The monoisotopic (exact) mass is 252 g/mol. The van der Waals surface area contributed by atoms with Crippen molar-refractivity contribution in [2.45, 2.75) is 57.0 Å². The molecule has 2 heterocycles. The van der Waals surface area contributed by atoms with Crippen molar-refractivity contribution in [2.24, 2.45) is 11.8 Å². The zero-order valence-electron chi connectivity index (χ0n) is 11.5. The van der Waals surface area contributed by atoms with Crippen LogP contribution in [0.3, 0.4) is 0 Å². The van der Waals surface area contributed by atoms with E-state index in [4.69, 9.17) is 4.74 Å². The third-order valence-corrected chi connectivity index (χ3v) is 5.13. The van der Waals surface area contributed by atoms with Gasteiger partial charge in [0.05, 0.1) is 6.61 Å². The first-order valence-electron chi connectivity index (χ1n) is 7.98. The topological polar surface area (TPSA) is 33.3 Å². The van der Waals surface area contributed by atoms with Gasteiger partial charge in [0.2, 0.25) is 0 Å². The third-order valence-electron chi connectivity index (χ3n) is 5.13. The van der Waals surface area contributed by atoms with E-state index in [1.165, 1.54) is 58.0 Å². The van der Waals surface area contributed by atoms with Gasteiger partial charge in [-0.05, 0) is 50.5 Å². The molecule has 3 heteroatoms. The fourth-order valence-electron chi connectivity index (χ4n) is 4.03. The van der Waals surface area contributed by atoms with E-state index < -0.39 is 0 Å². The van der Waals surface area contributed by atoms with Crippen molar-refractivity contribution in [1.29, 1.82) is 0 Å². The number of ether oxygens (including phenoxy) is 1. The molecular weight excluding hydrogens is 224 g/mol. The van der Waals surface area contributed by atoms with E-state index >= 15 is 0 Å². The molecule has 1 aliphatic carbocycles. The largest absolute Gasteiger partial charge is 0.381 e. The number of rotatable bonds is 4. The molecule has 0 amide bonds. The quantitative estimate of drug-likeness (QED) is 0.802. The van der Waals surface area contributed by atoms with Gasteiger partial charge in [0.1, 0.15) is 0 Å². The molecule has 1 saturated carbocycles. The molecule has 3 nitrogen and oxygen atoms in total. The lowest BCUT2D eigenvalue weighted by Crippen LogP contribution is -2.48. The lowest BCUT2D eigenvalue weighted by molar-refractivity contribution is 0.176. The lowest BCUT2D eigenvalue weighted by atomic mass is 9.79. The zero-order chi connectivity index (χ0) is 12.2. The van der Waals surface area contributed by atoms with Gasteiger partial charge in [0.15, 0.2) is 0 Å². The predicted molar refractivity (Wildman–Crippen MR) is 73.7 cm³/mol. The molecule has 0 aromatic rings. The molecule has 0 spiro atoms. The first-order valence-corrected chi connectivity index (χ1v) is 7.98. The van der Waals surface area contributed by atoms with Gasteiger partial charge in [-0.2, -0.15) is 0 Å². The summed E-state index contributed by atoms with van der Waals surface area (Å²) < 4.78 is 5.47. The molecule has 4 unspecified atom stereocenters. The zero-order valence-corrected chi connectivity index (χ0v) is 11.5. The van der Waals surface area contributed by atoms with Crippen LogP contribution in [-0.2, 0) is 4.74 Å². The van der Waals surface area contributed by atoms with Gasteiger partial charge >= 0.3 is 0 Å². The third kappa shape index (κ3) is 3.06. The van der Waals surface area contributed by atoms with Crippen molar-refractivity contribution in [3.63, 3.8) is 0 Å². The Labute approximate surface area is 111 Å². The molecule has 18 heavy (non-hydrogen) atoms. The van der Waals surface area contributed by atoms with Gasteiger partial charge in [0.25, 0.3) is 0 Å². The highest BCUT2D eigenvalue weighted by molar-refractivity contribution is 4.91. The first kappa shape index (κ1) is 12.9. The van der Waals surface area contributed by atoms with Crippen molar-refractivity contribution in [3.05, 3.63) is 0 Å². The Morgan fingerprint density at radius 2 is 2.00 bits per heavy atom. The molecule has 3 aliphatic rings. The summed E-state index contributed by atoms with van der Waals surface area (Å²) in [4.78, 5) is 0. The summed E-state index contributed by atoms with van der Waals surface area (Å²) in [5.74, 6) is 1.65. The smallest absolute Gasteiger partial charge is 0.0507 e. The standard InChI is InChI=1S/C15H28N2O/c1-2-5-15(17-10-12-7-9-18-11-12)13(4-1)14-6-3-8-16-14/h12-17H,1-11H2. The predicted octanol–water partition coefficient (Wildman–Crippen LogP) is 1.92. The average Bonchev–Trinajstić information content (AvgIpc) is 3.10. The molecule has 0 aromatic carbocycles. The average molecular weight is 252 g/mol. The van der Waals surface area contributed by atoms with Gasteiger partial charge in [-0.3, -0.25) is 0 Å². The van der Waals surface area contributed by atoms with E-state index in [0.717, 1.165) is 37.1 Å². The van der Waals surface area contributed by atoms with Gasteiger partial charge in [-0.25, -0.2) is 0 Å². The minimum atomic E-state index is 0.759. The Balaban J connectivity index is 1.50. The summed E-state index contributed by atoms with van der Waals surface area (Å²) in [6, 6.07) is 1.55. The van der Waals surface area contributed by atoms with E-state index in [-0.39, 0.29) is 0 Å². The van der Waals surface area contributed by atoms with E-state index in [1.807, 2.05) is 0 Å². The van der Waals surface area contributed by atoms with Gasteiger partial charge < -0.3 is 15.4 Å². The summed E-state index contributed by atoms with van der Waals surface area (Å²) in [6.45, 7) is 4.37. The Hall–Kier alpha value is -0.120. The highest BCUT2D eigenvalue weighted by atomic mass is 16.5. The van der Waals surface area contributed by atoms with E-state index in [9.17, 15) is 0 Å². The minimum Gasteiger partial charge on any atom is -0.381 e. The SMILES string of the molecule is C1CNC(C2CCCCC2NCC2CCOC2)C1. The van der Waals surface area contributed by atoms with E-state index in [0.29, 0.717) is 0 Å². The summed E-state index contributed by atoms with van der Waals surface area (Å²) >= 11 is 0. The molecule has 2 aliphatic heterocycles. The van der Waals surface area contributed by atoms with E-state index in [2.05, 4.69) is 10.6 Å².